The van der Waals surface area contributed by atoms with Crippen molar-refractivity contribution >= 4 is 16.7 Å². The number of likely N-dealkylation sites (tertiary alicyclic amines) is 1. The lowest BCUT2D eigenvalue weighted by Gasteiger charge is -2.24. The number of nitrogens with zero attached hydrogens (tertiary/aromatic N) is 3. The summed E-state index contributed by atoms with van der Waals surface area (Å²) in [6, 6.07) is 21.0. The van der Waals surface area contributed by atoms with Crippen LogP contribution in [-0.2, 0) is 0 Å². The van der Waals surface area contributed by atoms with Gasteiger partial charge in [-0.3, -0.25) is 0 Å². The Balaban J connectivity index is 1.53. The van der Waals surface area contributed by atoms with E-state index in [0.717, 1.165) is 23.1 Å². The number of aromatic nitrogens is 2. The highest BCUT2D eigenvalue weighted by atomic mass is 32.1. The summed E-state index contributed by atoms with van der Waals surface area (Å²) in [6.45, 7) is 3.39. The molecule has 4 nitrogen and oxygen atoms in total. The van der Waals surface area contributed by atoms with Gasteiger partial charge in [0.25, 0.3) is 0 Å². The Morgan fingerprint density at radius 1 is 0.960 bits per heavy atom. The fraction of sp³-hybridized carbons (Fsp3) is 0.300. The maximum atomic E-state index is 4.70. The number of rotatable bonds is 6. The topological polar surface area (TPSA) is 41.1 Å². The van der Waals surface area contributed by atoms with E-state index in [1.54, 1.807) is 0 Å². The molecule has 3 aromatic rings. The van der Waals surface area contributed by atoms with Crippen LogP contribution in [0.4, 0.5) is 5.13 Å². The molecule has 0 saturated carbocycles. The number of hydrogen-bond acceptors (Lipinski definition) is 5. The number of nitrogens with one attached hydrogen (secondary N) is 1. The van der Waals surface area contributed by atoms with Crippen LogP contribution in [0.5, 0.6) is 0 Å². The van der Waals surface area contributed by atoms with Gasteiger partial charge in [-0.15, -0.1) is 0 Å². The van der Waals surface area contributed by atoms with Crippen LogP contribution < -0.4 is 5.32 Å². The summed E-state index contributed by atoms with van der Waals surface area (Å²) >= 11 is 1.43. The largest absolute Gasteiger partial charge is 0.352 e. The SMILES string of the molecule is c1ccc(-c2nsc(NC(CN3CCCC3)c3ccccc3)n2)cc1. The molecule has 1 atom stereocenters. The van der Waals surface area contributed by atoms with Crippen LogP contribution in [0.1, 0.15) is 24.4 Å². The highest BCUT2D eigenvalue weighted by Crippen LogP contribution is 2.26. The van der Waals surface area contributed by atoms with Crippen LogP contribution in [-0.4, -0.2) is 33.9 Å². The van der Waals surface area contributed by atoms with E-state index in [2.05, 4.69) is 44.9 Å². The van der Waals surface area contributed by atoms with Crippen molar-refractivity contribution < 1.29 is 0 Å². The lowest BCUT2D eigenvalue weighted by molar-refractivity contribution is 0.323. The molecular weight excluding hydrogens is 328 g/mol. The molecule has 1 aliphatic rings. The smallest absolute Gasteiger partial charge is 0.203 e. The minimum absolute atomic E-state index is 0.232. The highest BCUT2D eigenvalue weighted by Gasteiger charge is 2.20. The maximum Gasteiger partial charge on any atom is 0.203 e. The molecule has 0 aliphatic carbocycles. The lowest BCUT2D eigenvalue weighted by atomic mass is 10.1. The van der Waals surface area contributed by atoms with Gasteiger partial charge in [0.05, 0.1) is 6.04 Å². The Morgan fingerprint density at radius 3 is 2.36 bits per heavy atom. The summed E-state index contributed by atoms with van der Waals surface area (Å²) in [5, 5.41) is 4.50. The molecule has 25 heavy (non-hydrogen) atoms. The molecule has 1 unspecified atom stereocenters. The van der Waals surface area contributed by atoms with E-state index < -0.39 is 0 Å². The standard InChI is InChI=1S/C20H22N4S/c1-3-9-16(10-4-1)18(15-24-13-7-8-14-24)21-20-22-19(23-25-20)17-11-5-2-6-12-17/h1-6,9-12,18H,7-8,13-15H2,(H,21,22,23). The van der Waals surface area contributed by atoms with E-state index >= 15 is 0 Å². The van der Waals surface area contributed by atoms with Gasteiger partial charge < -0.3 is 10.2 Å². The fourth-order valence-corrected chi connectivity index (χ4v) is 3.92. The summed E-state index contributed by atoms with van der Waals surface area (Å²) in [5.74, 6) is 0.793. The van der Waals surface area contributed by atoms with Crippen LogP contribution in [0.3, 0.4) is 0 Å². The van der Waals surface area contributed by atoms with Gasteiger partial charge in [-0.1, -0.05) is 60.7 Å². The average Bonchev–Trinajstić information content (AvgIpc) is 3.35. The predicted molar refractivity (Wildman–Crippen MR) is 104 cm³/mol. The maximum absolute atomic E-state index is 4.70. The van der Waals surface area contributed by atoms with Crippen molar-refractivity contribution in [3.05, 3.63) is 66.2 Å². The second-order valence-corrected chi connectivity index (χ2v) is 7.16. The first-order valence-electron chi connectivity index (χ1n) is 8.81. The molecule has 0 amide bonds. The number of benzene rings is 2. The van der Waals surface area contributed by atoms with Gasteiger partial charge in [-0.2, -0.15) is 9.36 Å². The Morgan fingerprint density at radius 2 is 1.64 bits per heavy atom. The molecule has 0 spiro atoms. The zero-order valence-electron chi connectivity index (χ0n) is 14.1. The summed E-state index contributed by atoms with van der Waals surface area (Å²) in [4.78, 5) is 7.23. The van der Waals surface area contributed by atoms with Crippen molar-refractivity contribution in [3.63, 3.8) is 0 Å². The van der Waals surface area contributed by atoms with E-state index in [9.17, 15) is 0 Å². The minimum atomic E-state index is 0.232. The molecular formula is C20H22N4S. The third kappa shape index (κ3) is 4.06. The number of hydrogen-bond donors (Lipinski definition) is 1. The van der Waals surface area contributed by atoms with Crippen molar-refractivity contribution in [1.82, 2.24) is 14.3 Å². The van der Waals surface area contributed by atoms with Crippen molar-refractivity contribution in [2.45, 2.75) is 18.9 Å². The second-order valence-electron chi connectivity index (χ2n) is 6.40. The first kappa shape index (κ1) is 16.2. The molecule has 1 saturated heterocycles. The molecule has 1 aromatic heterocycles. The Labute approximate surface area is 152 Å². The van der Waals surface area contributed by atoms with Crippen LogP contribution >= 0.6 is 11.5 Å². The molecule has 0 radical (unpaired) electrons. The summed E-state index contributed by atoms with van der Waals surface area (Å²) in [5.41, 5.74) is 2.36. The molecule has 1 N–H and O–H groups in total. The van der Waals surface area contributed by atoms with Gasteiger partial charge in [0.2, 0.25) is 5.13 Å². The summed E-state index contributed by atoms with van der Waals surface area (Å²) in [7, 11) is 0. The Bertz CT molecular complexity index is 782. The summed E-state index contributed by atoms with van der Waals surface area (Å²) in [6.07, 6.45) is 2.61. The van der Waals surface area contributed by atoms with Gasteiger partial charge in [0.15, 0.2) is 5.82 Å². The summed E-state index contributed by atoms with van der Waals surface area (Å²) < 4.78 is 4.52. The zero-order chi connectivity index (χ0) is 16.9. The van der Waals surface area contributed by atoms with Crippen LogP contribution in [0.25, 0.3) is 11.4 Å². The third-order valence-electron chi connectivity index (χ3n) is 4.60. The normalized spacial score (nSPS) is 16.0. The van der Waals surface area contributed by atoms with E-state index in [1.807, 2.05) is 30.3 Å². The van der Waals surface area contributed by atoms with Gasteiger partial charge >= 0.3 is 0 Å². The van der Waals surface area contributed by atoms with E-state index in [0.29, 0.717) is 0 Å². The quantitative estimate of drug-likeness (QED) is 0.713. The van der Waals surface area contributed by atoms with Crippen molar-refractivity contribution in [1.29, 1.82) is 0 Å². The monoisotopic (exact) mass is 350 g/mol. The molecule has 1 fully saturated rings. The Hall–Kier alpha value is -2.24. The third-order valence-corrected chi connectivity index (χ3v) is 5.24. The number of anilines is 1. The predicted octanol–water partition coefficient (Wildman–Crippen LogP) is 4.45. The van der Waals surface area contributed by atoms with E-state index in [4.69, 9.17) is 4.98 Å². The van der Waals surface area contributed by atoms with E-state index in [-0.39, 0.29) is 6.04 Å². The molecule has 2 heterocycles. The molecule has 0 bridgehead atoms. The molecule has 4 rings (SSSR count). The van der Waals surface area contributed by atoms with Crippen LogP contribution in [0.15, 0.2) is 60.7 Å². The van der Waals surface area contributed by atoms with Crippen molar-refractivity contribution in [3.8, 4) is 11.4 Å². The van der Waals surface area contributed by atoms with E-state index in [1.165, 1.54) is 43.0 Å². The van der Waals surface area contributed by atoms with Gasteiger partial charge in [0, 0.05) is 23.6 Å². The molecule has 128 valence electrons. The van der Waals surface area contributed by atoms with Gasteiger partial charge in [0.1, 0.15) is 0 Å². The fourth-order valence-electron chi connectivity index (χ4n) is 3.28. The van der Waals surface area contributed by atoms with Crippen LogP contribution in [0, 0.1) is 0 Å². The molecule has 5 heteroatoms. The minimum Gasteiger partial charge on any atom is -0.352 e. The Kier molecular flexibility index (Phi) is 5.04. The van der Waals surface area contributed by atoms with Crippen molar-refractivity contribution in [2.24, 2.45) is 0 Å². The molecule has 1 aliphatic heterocycles. The average molecular weight is 350 g/mol. The van der Waals surface area contributed by atoms with Crippen molar-refractivity contribution in [2.75, 3.05) is 25.0 Å². The zero-order valence-corrected chi connectivity index (χ0v) is 15.0. The van der Waals surface area contributed by atoms with Crippen LogP contribution in [0.2, 0.25) is 0 Å². The lowest BCUT2D eigenvalue weighted by Crippen LogP contribution is -2.29. The first-order chi connectivity index (χ1) is 12.4. The van der Waals surface area contributed by atoms with Gasteiger partial charge in [-0.25, -0.2) is 0 Å². The highest BCUT2D eigenvalue weighted by molar-refractivity contribution is 7.09. The molecule has 2 aromatic carbocycles. The second kappa shape index (κ2) is 7.76. The first-order valence-corrected chi connectivity index (χ1v) is 9.59. The van der Waals surface area contributed by atoms with Gasteiger partial charge in [-0.05, 0) is 31.5 Å².